The molecule has 2 rings (SSSR count). The van der Waals surface area contributed by atoms with E-state index in [4.69, 9.17) is 11.6 Å². The average Bonchev–Trinajstić information content (AvgIpc) is 2.87. The van der Waals surface area contributed by atoms with Gasteiger partial charge in [-0.2, -0.15) is 0 Å². The second-order valence-electron chi connectivity index (χ2n) is 3.42. The van der Waals surface area contributed by atoms with E-state index in [0.717, 1.165) is 5.50 Å². The van der Waals surface area contributed by atoms with Crippen molar-refractivity contribution in [3.8, 4) is 0 Å². The number of allylic oxidation sites excluding steroid dienone is 8. The second-order valence-corrected chi connectivity index (χ2v) is 16.7. The first-order chi connectivity index (χ1) is 6.92. The summed E-state index contributed by atoms with van der Waals surface area (Å²) in [4.78, 5) is 0. The van der Waals surface area contributed by atoms with Gasteiger partial charge in [-0.3, -0.25) is 0 Å². The zero-order chi connectivity index (χ0) is 9.80. The minimum absolute atomic E-state index is 0. The maximum absolute atomic E-state index is 5.94. The molecule has 0 aromatic carbocycles. The Kier molecular flexibility index (Phi) is 9.46. The molecule has 16 heavy (non-hydrogen) atoms. The second kappa shape index (κ2) is 8.94. The third-order valence-electron chi connectivity index (χ3n) is 2.52. The van der Waals surface area contributed by atoms with Crippen molar-refractivity contribution in [2.24, 2.45) is 0 Å². The molecule has 0 nitrogen and oxygen atoms in total. The number of hydrogen-bond donors (Lipinski definition) is 0. The van der Waals surface area contributed by atoms with E-state index in [0.29, 0.717) is 6.16 Å². The van der Waals surface area contributed by atoms with E-state index in [-0.39, 0.29) is 24.8 Å². The van der Waals surface area contributed by atoms with Crippen molar-refractivity contribution in [3.63, 3.8) is 0 Å². The Bertz CT molecular complexity index is 349. The summed E-state index contributed by atoms with van der Waals surface area (Å²) in [6, 6.07) is 0. The van der Waals surface area contributed by atoms with Crippen molar-refractivity contribution in [2.45, 2.75) is 12.8 Å². The quantitative estimate of drug-likeness (QED) is 0.364. The number of alkyl halides is 1. The van der Waals surface area contributed by atoms with Crippen LogP contribution in [0.5, 0.6) is 0 Å². The molecule has 0 bridgehead atoms. The Morgan fingerprint density at radius 2 is 1.56 bits per heavy atom. The Hall–Kier alpha value is 0.930. The van der Waals surface area contributed by atoms with Crippen LogP contribution in [0.3, 0.4) is 0 Å². The maximum atomic E-state index is 5.94. The molecule has 0 heterocycles. The van der Waals surface area contributed by atoms with Gasteiger partial charge in [-0.15, -0.1) is 0 Å². The first-order valence-electron chi connectivity index (χ1n) is 4.90. The molecule has 0 saturated heterocycles. The minimum Gasteiger partial charge on any atom is -1.00 e. The fourth-order valence-electron chi connectivity index (χ4n) is 1.84. The van der Waals surface area contributed by atoms with E-state index in [2.05, 4.69) is 36.5 Å². The summed E-state index contributed by atoms with van der Waals surface area (Å²) in [6.07, 6.45) is 16.7. The van der Waals surface area contributed by atoms with E-state index in [1.165, 1.54) is 12.8 Å². The van der Waals surface area contributed by atoms with Crippen molar-refractivity contribution >= 4 is 17.8 Å². The number of rotatable bonds is 3. The smallest absolute Gasteiger partial charge is 1.00 e. The molecule has 2 aliphatic rings. The van der Waals surface area contributed by atoms with Crippen LogP contribution in [0.4, 0.5) is 0 Å². The molecule has 86 valence electrons. The monoisotopic (exact) mass is 368 g/mol. The van der Waals surface area contributed by atoms with Crippen LogP contribution in [0, 0.1) is 0 Å². The van der Waals surface area contributed by atoms with E-state index in [9.17, 15) is 0 Å². The predicted octanol–water partition coefficient (Wildman–Crippen LogP) is -3.15. The topological polar surface area (TPSA) is 0 Å². The van der Waals surface area contributed by atoms with Crippen molar-refractivity contribution in [2.75, 3.05) is 5.50 Å². The molecule has 0 aromatic rings. The van der Waals surface area contributed by atoms with Gasteiger partial charge in [-0.25, -0.2) is 0 Å². The summed E-state index contributed by atoms with van der Waals surface area (Å²) in [5, 5.41) is 0. The van der Waals surface area contributed by atoms with Crippen molar-refractivity contribution in [3.05, 3.63) is 43.0 Å². The van der Waals surface area contributed by atoms with Crippen LogP contribution < -0.4 is 24.8 Å². The van der Waals surface area contributed by atoms with Gasteiger partial charge in [0.2, 0.25) is 0 Å². The van der Waals surface area contributed by atoms with Gasteiger partial charge >= 0.3 is 99.5 Å². The summed E-state index contributed by atoms with van der Waals surface area (Å²) in [5.74, 6) is 0. The van der Waals surface area contributed by atoms with Gasteiger partial charge in [0.05, 0.1) is 0 Å². The van der Waals surface area contributed by atoms with Gasteiger partial charge in [0, 0.05) is 0 Å². The Morgan fingerprint density at radius 1 is 1.06 bits per heavy atom. The van der Waals surface area contributed by atoms with Gasteiger partial charge in [0.1, 0.15) is 0 Å². The normalized spacial score (nSPS) is 15.5. The molecule has 2 aliphatic carbocycles. The molecule has 0 radical (unpaired) electrons. The number of hydrogen-bond acceptors (Lipinski definition) is 0. The van der Waals surface area contributed by atoms with Gasteiger partial charge in [0.25, 0.3) is 0 Å². The van der Waals surface area contributed by atoms with Crippen molar-refractivity contribution in [1.82, 2.24) is 0 Å². The van der Waals surface area contributed by atoms with Crippen LogP contribution >= 0.6 is 11.6 Å². The van der Waals surface area contributed by atoms with Gasteiger partial charge in [-0.05, 0) is 0 Å². The molecular weight excluding hydrogens is 358 g/mol. The molecule has 0 spiro atoms. The van der Waals surface area contributed by atoms with Crippen LogP contribution in [0.1, 0.15) is 12.8 Å². The Labute approximate surface area is 123 Å². The molecular formula is C11H13Cl3SiZr. The molecule has 5 heteroatoms. The fraction of sp³-hybridized carbons (Fsp3) is 0.273. The molecule has 0 atom stereocenters. The van der Waals surface area contributed by atoms with Crippen LogP contribution in [-0.4, -0.2) is 11.7 Å². The van der Waals surface area contributed by atoms with Crippen LogP contribution in [0.15, 0.2) is 43.0 Å². The first-order valence-corrected chi connectivity index (χ1v) is 13.5. The van der Waals surface area contributed by atoms with Gasteiger partial charge in [-0.1, -0.05) is 0 Å². The molecule has 0 N–H and O–H groups in total. The summed E-state index contributed by atoms with van der Waals surface area (Å²) in [6.45, 7) is 0. The van der Waals surface area contributed by atoms with E-state index < -0.39 is 20.4 Å². The van der Waals surface area contributed by atoms with Crippen LogP contribution in [0.2, 0.25) is 0 Å². The van der Waals surface area contributed by atoms with Gasteiger partial charge < -0.3 is 24.8 Å². The molecule has 0 aromatic heterocycles. The standard InChI is InChI=1S/2C5H5.CH3ClSi.2ClH.Zr/c2*1-2-4-5-3-1;2-1-3;;;/h2*1-3H,4H2;3H,1H2;2*1H;/q;;;;;+2/p-2. The molecule has 0 saturated carbocycles. The van der Waals surface area contributed by atoms with Gasteiger partial charge in [0.15, 0.2) is 0 Å². The summed E-state index contributed by atoms with van der Waals surface area (Å²) in [7, 11) is 0. The fourth-order valence-corrected chi connectivity index (χ4v) is 16.8. The predicted molar refractivity (Wildman–Crippen MR) is 61.5 cm³/mol. The zero-order valence-corrected chi connectivity index (χ0v) is 14.7. The summed E-state index contributed by atoms with van der Waals surface area (Å²) >= 11 is 4.55. The van der Waals surface area contributed by atoms with Crippen LogP contribution in [0.25, 0.3) is 0 Å². The molecule has 0 aliphatic heterocycles. The van der Waals surface area contributed by atoms with E-state index in [1.807, 2.05) is 0 Å². The van der Waals surface area contributed by atoms with E-state index >= 15 is 0 Å². The Balaban J connectivity index is 0.00000112. The SMILES string of the molecule is ClC[SiH]=[Zr+2]([C]1=CC=CC1)[C]1=CC=CC1.[Cl-].[Cl-]. The first kappa shape index (κ1) is 16.9. The third kappa shape index (κ3) is 4.31. The maximum Gasteiger partial charge on any atom is -1.00 e. The Morgan fingerprint density at radius 3 is 1.88 bits per heavy atom. The van der Waals surface area contributed by atoms with Crippen LogP contribution in [-0.2, 0) is 20.4 Å². The zero-order valence-electron chi connectivity index (χ0n) is 8.80. The average molecular weight is 371 g/mol. The summed E-state index contributed by atoms with van der Waals surface area (Å²) < 4.78 is 3.52. The molecule has 0 amide bonds. The summed E-state index contributed by atoms with van der Waals surface area (Å²) in [5.41, 5.74) is 0.920. The number of halogens is 3. The van der Waals surface area contributed by atoms with E-state index in [1.54, 1.807) is 6.56 Å². The van der Waals surface area contributed by atoms with Crippen molar-refractivity contribution < 1.29 is 45.2 Å². The molecule has 0 fully saturated rings. The van der Waals surface area contributed by atoms with Crippen molar-refractivity contribution in [1.29, 1.82) is 0 Å². The minimum atomic E-state index is -1.40. The largest absolute Gasteiger partial charge is 1.00 e. The molecule has 0 unspecified atom stereocenters. The third-order valence-corrected chi connectivity index (χ3v) is 19.6.